The van der Waals surface area contributed by atoms with Crippen LogP contribution in [0.2, 0.25) is 0 Å². The maximum atomic E-state index is 5.35. The van der Waals surface area contributed by atoms with E-state index in [4.69, 9.17) is 15.0 Å². The second-order valence-electron chi connectivity index (χ2n) is 16.1. The largest absolute Gasteiger partial charge is 0.309 e. The highest BCUT2D eigenvalue weighted by atomic mass is 15.1. The fourth-order valence-electron chi connectivity index (χ4n) is 9.28. The minimum Gasteiger partial charge on any atom is -0.309 e. The van der Waals surface area contributed by atoms with Gasteiger partial charge in [0.05, 0.1) is 27.8 Å². The monoisotopic (exact) mass is 805 g/mol. The zero-order chi connectivity index (χ0) is 41.9. The Labute approximate surface area is 364 Å². The van der Waals surface area contributed by atoms with E-state index in [2.05, 4.69) is 198 Å². The van der Waals surface area contributed by atoms with Crippen molar-refractivity contribution in [3.05, 3.63) is 224 Å². The van der Waals surface area contributed by atoms with Crippen LogP contribution in [0.5, 0.6) is 0 Å². The quantitative estimate of drug-likeness (QED) is 0.161. The summed E-state index contributed by atoms with van der Waals surface area (Å²) in [5.74, 6) is 1.83. The van der Waals surface area contributed by atoms with E-state index in [9.17, 15) is 0 Å². The smallest absolute Gasteiger partial charge is 0.166 e. The van der Waals surface area contributed by atoms with Crippen molar-refractivity contribution in [2.45, 2.75) is 6.92 Å². The number of fused-ring (bicyclic) bond motifs is 6. The summed E-state index contributed by atoms with van der Waals surface area (Å²) in [7, 11) is 0. The van der Waals surface area contributed by atoms with Gasteiger partial charge in [0.25, 0.3) is 0 Å². The molecule has 3 aromatic heterocycles. The number of para-hydroxylation sites is 3. The van der Waals surface area contributed by atoms with Gasteiger partial charge in [0, 0.05) is 43.9 Å². The molecule has 0 aliphatic rings. The lowest BCUT2D eigenvalue weighted by Gasteiger charge is -2.17. The summed E-state index contributed by atoms with van der Waals surface area (Å²) in [4.78, 5) is 15.8. The van der Waals surface area contributed by atoms with E-state index < -0.39 is 0 Å². The van der Waals surface area contributed by atoms with Crippen LogP contribution in [-0.2, 0) is 0 Å². The van der Waals surface area contributed by atoms with Gasteiger partial charge in [-0.05, 0) is 77.7 Å². The standard InChI is InChI=1S/C58H39N5/c1-38-28-30-39(31-29-38)42-32-34-47-46-22-11-13-25-50(46)63(54(47)37-42)52-35-33-43(45-24-15-27-53-55(45)48-23-12-14-26-51(48)62(53)44-20-9-4-10-21-44)36-49(52)58-60-56(40-16-5-2-6-17-40)59-57(61-58)41-18-7-3-8-19-41/h2-37H,1H3. The minimum absolute atomic E-state index is 0.596. The second kappa shape index (κ2) is 14.9. The summed E-state index contributed by atoms with van der Waals surface area (Å²) >= 11 is 0. The van der Waals surface area contributed by atoms with Crippen LogP contribution in [0.25, 0.3) is 111 Å². The van der Waals surface area contributed by atoms with Gasteiger partial charge in [-0.3, -0.25) is 0 Å². The Morgan fingerprint density at radius 1 is 0.317 bits per heavy atom. The van der Waals surface area contributed by atoms with E-state index in [-0.39, 0.29) is 0 Å². The molecule has 0 unspecified atom stereocenters. The van der Waals surface area contributed by atoms with Crippen molar-refractivity contribution in [2.24, 2.45) is 0 Å². The topological polar surface area (TPSA) is 48.5 Å². The fraction of sp³-hybridized carbons (Fsp3) is 0.0172. The number of rotatable bonds is 7. The molecule has 0 atom stereocenters. The maximum absolute atomic E-state index is 5.35. The number of aromatic nitrogens is 5. The predicted octanol–water partition coefficient (Wildman–Crippen LogP) is 14.7. The third-order valence-electron chi connectivity index (χ3n) is 12.3. The van der Waals surface area contributed by atoms with Crippen molar-refractivity contribution >= 4 is 43.6 Å². The van der Waals surface area contributed by atoms with E-state index in [1.807, 2.05) is 36.4 Å². The van der Waals surface area contributed by atoms with Crippen LogP contribution >= 0.6 is 0 Å². The highest BCUT2D eigenvalue weighted by Gasteiger charge is 2.22. The van der Waals surface area contributed by atoms with Gasteiger partial charge in [0.2, 0.25) is 0 Å². The molecule has 5 nitrogen and oxygen atoms in total. The van der Waals surface area contributed by atoms with Crippen molar-refractivity contribution in [1.29, 1.82) is 0 Å². The van der Waals surface area contributed by atoms with Crippen molar-refractivity contribution in [3.8, 4) is 67.8 Å². The zero-order valence-corrected chi connectivity index (χ0v) is 34.5. The first kappa shape index (κ1) is 36.4. The third-order valence-corrected chi connectivity index (χ3v) is 12.3. The number of aryl methyl sites for hydroxylation is 1. The third kappa shape index (κ3) is 6.21. The number of hydrogen-bond acceptors (Lipinski definition) is 3. The molecular formula is C58H39N5. The summed E-state index contributed by atoms with van der Waals surface area (Å²) in [6.07, 6.45) is 0. The average Bonchev–Trinajstić information content (AvgIpc) is 3.87. The molecule has 0 aliphatic heterocycles. The summed E-state index contributed by atoms with van der Waals surface area (Å²) in [5, 5.41) is 4.75. The predicted molar refractivity (Wildman–Crippen MR) is 260 cm³/mol. The van der Waals surface area contributed by atoms with Crippen molar-refractivity contribution in [3.63, 3.8) is 0 Å². The first-order chi connectivity index (χ1) is 31.2. The Morgan fingerprint density at radius 2 is 0.857 bits per heavy atom. The molecule has 0 bridgehead atoms. The van der Waals surface area contributed by atoms with E-state index >= 15 is 0 Å². The summed E-state index contributed by atoms with van der Waals surface area (Å²) in [5.41, 5.74) is 15.2. The Bertz CT molecular complexity index is 3600. The van der Waals surface area contributed by atoms with Crippen LogP contribution in [-0.4, -0.2) is 24.1 Å². The van der Waals surface area contributed by atoms with Crippen molar-refractivity contribution in [2.75, 3.05) is 0 Å². The van der Waals surface area contributed by atoms with E-state index in [0.717, 1.165) is 66.8 Å². The first-order valence-electron chi connectivity index (χ1n) is 21.4. The highest BCUT2D eigenvalue weighted by molar-refractivity contribution is 6.16. The normalized spacial score (nSPS) is 11.6. The number of benzene rings is 9. The van der Waals surface area contributed by atoms with Gasteiger partial charge >= 0.3 is 0 Å². The van der Waals surface area contributed by atoms with E-state index in [1.54, 1.807) is 0 Å². The van der Waals surface area contributed by atoms with Crippen molar-refractivity contribution in [1.82, 2.24) is 24.1 Å². The lowest BCUT2D eigenvalue weighted by molar-refractivity contribution is 1.06. The Morgan fingerprint density at radius 3 is 1.56 bits per heavy atom. The van der Waals surface area contributed by atoms with Crippen LogP contribution < -0.4 is 0 Å². The molecule has 0 spiro atoms. The van der Waals surface area contributed by atoms with Crippen LogP contribution in [0.1, 0.15) is 5.56 Å². The first-order valence-corrected chi connectivity index (χ1v) is 21.4. The zero-order valence-electron chi connectivity index (χ0n) is 34.5. The Kier molecular flexibility index (Phi) is 8.64. The van der Waals surface area contributed by atoms with Gasteiger partial charge in [0.15, 0.2) is 17.5 Å². The van der Waals surface area contributed by atoms with Crippen molar-refractivity contribution < 1.29 is 0 Å². The summed E-state index contributed by atoms with van der Waals surface area (Å²) < 4.78 is 4.77. The molecule has 3 heterocycles. The molecule has 0 saturated carbocycles. The fourth-order valence-corrected chi connectivity index (χ4v) is 9.28. The second-order valence-corrected chi connectivity index (χ2v) is 16.1. The summed E-state index contributed by atoms with van der Waals surface area (Å²) in [6, 6.07) is 77.5. The maximum Gasteiger partial charge on any atom is 0.166 e. The lowest BCUT2D eigenvalue weighted by Crippen LogP contribution is -2.04. The average molecular weight is 806 g/mol. The number of hydrogen-bond donors (Lipinski definition) is 0. The molecule has 0 amide bonds. The molecule has 9 aromatic carbocycles. The van der Waals surface area contributed by atoms with Gasteiger partial charge in [-0.2, -0.15) is 0 Å². The minimum atomic E-state index is 0.596. The van der Waals surface area contributed by atoms with Gasteiger partial charge < -0.3 is 9.13 Å². The van der Waals surface area contributed by atoms with Crippen LogP contribution in [0.15, 0.2) is 218 Å². The molecular weight excluding hydrogens is 767 g/mol. The molecule has 63 heavy (non-hydrogen) atoms. The van der Waals surface area contributed by atoms with Crippen LogP contribution in [0, 0.1) is 6.92 Å². The highest BCUT2D eigenvalue weighted by Crippen LogP contribution is 2.43. The van der Waals surface area contributed by atoms with E-state index in [1.165, 1.54) is 32.7 Å². The number of nitrogens with zero attached hydrogens (tertiary/aromatic N) is 5. The lowest BCUT2D eigenvalue weighted by atomic mass is 9.96. The van der Waals surface area contributed by atoms with Gasteiger partial charge in [-0.25, -0.2) is 15.0 Å². The molecule has 12 aromatic rings. The SMILES string of the molecule is Cc1ccc(-c2ccc3c4ccccc4n(-c4ccc(-c5cccc6c5c5ccccc5n6-c5ccccc5)cc4-c4nc(-c5ccccc5)nc(-c5ccccc5)n4)c3c2)cc1. The van der Waals surface area contributed by atoms with Gasteiger partial charge in [-0.1, -0.05) is 175 Å². The van der Waals surface area contributed by atoms with E-state index in [0.29, 0.717) is 17.5 Å². The molecule has 0 radical (unpaired) electrons. The molecule has 0 N–H and O–H groups in total. The summed E-state index contributed by atoms with van der Waals surface area (Å²) in [6.45, 7) is 2.13. The molecule has 5 heteroatoms. The molecule has 0 aliphatic carbocycles. The Balaban J connectivity index is 1.17. The van der Waals surface area contributed by atoms with Crippen LogP contribution in [0.4, 0.5) is 0 Å². The van der Waals surface area contributed by atoms with Crippen LogP contribution in [0.3, 0.4) is 0 Å². The molecule has 296 valence electrons. The molecule has 12 rings (SSSR count). The van der Waals surface area contributed by atoms with Gasteiger partial charge in [0.1, 0.15) is 0 Å². The molecule has 0 saturated heterocycles. The molecule has 0 fully saturated rings. The Hall–Kier alpha value is -8.41. The van der Waals surface area contributed by atoms with Gasteiger partial charge in [-0.15, -0.1) is 0 Å².